The SMILES string of the molecule is CCN(CC)C(=O)CNc1cc(Cl)nc(N)n1. The standard InChI is InChI=1S/C10H16ClN5O/c1-3-16(4-2)9(17)6-13-8-5-7(11)14-10(12)15-8/h5H,3-4,6H2,1-2H3,(H3,12,13,14,15). The Balaban J connectivity index is 2.58. The molecule has 1 heterocycles. The second-order valence-electron chi connectivity index (χ2n) is 3.35. The minimum absolute atomic E-state index is 0.00306. The molecular weight excluding hydrogens is 242 g/mol. The number of hydrogen-bond donors (Lipinski definition) is 2. The molecule has 0 aromatic carbocycles. The summed E-state index contributed by atoms with van der Waals surface area (Å²) >= 11 is 5.72. The van der Waals surface area contributed by atoms with Crippen molar-refractivity contribution in [2.24, 2.45) is 0 Å². The van der Waals surface area contributed by atoms with Crippen molar-refractivity contribution >= 4 is 29.3 Å². The van der Waals surface area contributed by atoms with E-state index in [1.54, 1.807) is 4.90 Å². The molecule has 0 aliphatic heterocycles. The molecule has 0 aliphatic carbocycles. The number of nitrogens with two attached hydrogens (primary N) is 1. The molecule has 94 valence electrons. The van der Waals surface area contributed by atoms with Crippen LogP contribution in [0.2, 0.25) is 5.15 Å². The van der Waals surface area contributed by atoms with Gasteiger partial charge in [0.05, 0.1) is 6.54 Å². The van der Waals surface area contributed by atoms with Crippen molar-refractivity contribution in [3.05, 3.63) is 11.2 Å². The third kappa shape index (κ3) is 4.07. The number of nitrogen functional groups attached to an aromatic ring is 1. The highest BCUT2D eigenvalue weighted by molar-refractivity contribution is 6.29. The van der Waals surface area contributed by atoms with Crippen molar-refractivity contribution in [2.45, 2.75) is 13.8 Å². The number of nitrogens with one attached hydrogen (secondary N) is 1. The van der Waals surface area contributed by atoms with Crippen LogP contribution in [0.15, 0.2) is 6.07 Å². The fraction of sp³-hybridized carbons (Fsp3) is 0.500. The molecule has 7 heteroatoms. The number of likely N-dealkylation sites (N-methyl/N-ethyl adjacent to an activating group) is 1. The number of halogens is 1. The van der Waals surface area contributed by atoms with E-state index < -0.39 is 0 Å². The van der Waals surface area contributed by atoms with Gasteiger partial charge in [0, 0.05) is 19.2 Å². The largest absolute Gasteiger partial charge is 0.368 e. The Kier molecular flexibility index (Phi) is 4.96. The van der Waals surface area contributed by atoms with Crippen LogP contribution in [-0.4, -0.2) is 40.4 Å². The van der Waals surface area contributed by atoms with Crippen LogP contribution in [0.25, 0.3) is 0 Å². The van der Waals surface area contributed by atoms with Gasteiger partial charge in [0.25, 0.3) is 0 Å². The zero-order valence-corrected chi connectivity index (χ0v) is 10.7. The Morgan fingerprint density at radius 1 is 1.47 bits per heavy atom. The third-order valence-electron chi connectivity index (χ3n) is 2.25. The second kappa shape index (κ2) is 6.24. The smallest absolute Gasteiger partial charge is 0.241 e. The van der Waals surface area contributed by atoms with Gasteiger partial charge in [-0.05, 0) is 13.8 Å². The molecule has 0 bridgehead atoms. The Morgan fingerprint density at radius 3 is 2.65 bits per heavy atom. The van der Waals surface area contributed by atoms with Crippen molar-refractivity contribution in [1.29, 1.82) is 0 Å². The molecule has 0 atom stereocenters. The Labute approximate surface area is 105 Å². The molecule has 1 amide bonds. The normalized spacial score (nSPS) is 10.1. The van der Waals surface area contributed by atoms with Gasteiger partial charge < -0.3 is 16.0 Å². The molecule has 0 saturated heterocycles. The summed E-state index contributed by atoms with van der Waals surface area (Å²) in [4.78, 5) is 21.1. The maximum absolute atomic E-state index is 11.7. The van der Waals surface area contributed by atoms with Gasteiger partial charge in [-0.2, -0.15) is 4.98 Å². The Hall–Kier alpha value is -1.56. The molecular formula is C10H16ClN5O. The zero-order chi connectivity index (χ0) is 12.8. The third-order valence-corrected chi connectivity index (χ3v) is 2.44. The van der Waals surface area contributed by atoms with E-state index in [9.17, 15) is 4.79 Å². The second-order valence-corrected chi connectivity index (χ2v) is 3.74. The summed E-state index contributed by atoms with van der Waals surface area (Å²) in [6.45, 7) is 5.39. The molecule has 0 fully saturated rings. The quantitative estimate of drug-likeness (QED) is 0.769. The van der Waals surface area contributed by atoms with Gasteiger partial charge in [0.2, 0.25) is 11.9 Å². The van der Waals surface area contributed by atoms with Crippen LogP contribution in [-0.2, 0) is 4.79 Å². The molecule has 1 rings (SSSR count). The highest BCUT2D eigenvalue weighted by atomic mass is 35.5. The molecule has 0 spiro atoms. The van der Waals surface area contributed by atoms with Crippen molar-refractivity contribution in [3.8, 4) is 0 Å². The molecule has 0 saturated carbocycles. The lowest BCUT2D eigenvalue weighted by Gasteiger charge is -2.18. The summed E-state index contributed by atoms with van der Waals surface area (Å²) in [5, 5.41) is 3.11. The Bertz CT molecular complexity index is 374. The van der Waals surface area contributed by atoms with Crippen molar-refractivity contribution in [3.63, 3.8) is 0 Å². The summed E-state index contributed by atoms with van der Waals surface area (Å²) < 4.78 is 0. The van der Waals surface area contributed by atoms with E-state index in [1.807, 2.05) is 13.8 Å². The van der Waals surface area contributed by atoms with Gasteiger partial charge in [0.15, 0.2) is 0 Å². The van der Waals surface area contributed by atoms with Gasteiger partial charge >= 0.3 is 0 Å². The maximum Gasteiger partial charge on any atom is 0.241 e. The average molecular weight is 258 g/mol. The molecule has 3 N–H and O–H groups in total. The number of aromatic nitrogens is 2. The predicted molar refractivity (Wildman–Crippen MR) is 67.9 cm³/mol. The van der Waals surface area contributed by atoms with Crippen LogP contribution in [0, 0.1) is 0 Å². The van der Waals surface area contributed by atoms with E-state index in [1.165, 1.54) is 6.07 Å². The lowest BCUT2D eigenvalue weighted by Crippen LogP contribution is -2.35. The summed E-state index contributed by atoms with van der Waals surface area (Å²) in [6.07, 6.45) is 0. The monoisotopic (exact) mass is 257 g/mol. The highest BCUT2D eigenvalue weighted by Gasteiger charge is 2.09. The van der Waals surface area contributed by atoms with Crippen molar-refractivity contribution in [1.82, 2.24) is 14.9 Å². The minimum atomic E-state index is 0.00306. The first-order chi connectivity index (χ1) is 8.06. The topological polar surface area (TPSA) is 84.1 Å². The first kappa shape index (κ1) is 13.5. The van der Waals surface area contributed by atoms with Crippen molar-refractivity contribution in [2.75, 3.05) is 30.7 Å². The van der Waals surface area contributed by atoms with Crippen LogP contribution < -0.4 is 11.1 Å². The summed E-state index contributed by atoms with van der Waals surface area (Å²) in [6, 6.07) is 1.52. The first-order valence-corrected chi connectivity index (χ1v) is 5.76. The average Bonchev–Trinajstić information content (AvgIpc) is 2.27. The minimum Gasteiger partial charge on any atom is -0.368 e. The molecule has 0 radical (unpaired) electrons. The van der Waals surface area contributed by atoms with E-state index in [0.29, 0.717) is 18.9 Å². The number of carbonyl (C=O) groups is 1. The fourth-order valence-corrected chi connectivity index (χ4v) is 1.57. The van der Waals surface area contributed by atoms with Gasteiger partial charge in [-0.3, -0.25) is 4.79 Å². The van der Waals surface area contributed by atoms with E-state index >= 15 is 0 Å². The van der Waals surface area contributed by atoms with Crippen LogP contribution in [0.3, 0.4) is 0 Å². The maximum atomic E-state index is 11.7. The lowest BCUT2D eigenvalue weighted by atomic mass is 10.4. The number of hydrogen-bond acceptors (Lipinski definition) is 5. The number of amides is 1. The van der Waals surface area contributed by atoms with Crippen molar-refractivity contribution < 1.29 is 4.79 Å². The Morgan fingerprint density at radius 2 is 2.12 bits per heavy atom. The molecule has 0 unspecified atom stereocenters. The molecule has 6 nitrogen and oxygen atoms in total. The lowest BCUT2D eigenvalue weighted by molar-refractivity contribution is -0.128. The van der Waals surface area contributed by atoms with E-state index in [-0.39, 0.29) is 23.6 Å². The molecule has 0 aliphatic rings. The van der Waals surface area contributed by atoms with Gasteiger partial charge in [-0.15, -0.1) is 0 Å². The van der Waals surface area contributed by atoms with E-state index in [4.69, 9.17) is 17.3 Å². The number of rotatable bonds is 5. The number of carbonyl (C=O) groups excluding carboxylic acids is 1. The predicted octanol–water partition coefficient (Wildman–Crippen LogP) is 0.992. The van der Waals surface area contributed by atoms with Crippen LogP contribution >= 0.6 is 11.6 Å². The summed E-state index contributed by atoms with van der Waals surface area (Å²) in [7, 11) is 0. The zero-order valence-electron chi connectivity index (χ0n) is 9.90. The molecule has 1 aromatic rings. The van der Waals surface area contributed by atoms with Crippen LogP contribution in [0.5, 0.6) is 0 Å². The van der Waals surface area contributed by atoms with Crippen LogP contribution in [0.1, 0.15) is 13.8 Å². The van der Waals surface area contributed by atoms with Gasteiger partial charge in [0.1, 0.15) is 11.0 Å². The number of anilines is 2. The molecule has 17 heavy (non-hydrogen) atoms. The fourth-order valence-electron chi connectivity index (χ4n) is 1.38. The number of nitrogens with zero attached hydrogens (tertiary/aromatic N) is 3. The first-order valence-electron chi connectivity index (χ1n) is 5.38. The highest BCUT2D eigenvalue weighted by Crippen LogP contribution is 2.12. The molecule has 1 aromatic heterocycles. The van der Waals surface area contributed by atoms with Gasteiger partial charge in [-0.25, -0.2) is 4.98 Å². The van der Waals surface area contributed by atoms with Gasteiger partial charge in [-0.1, -0.05) is 11.6 Å². The van der Waals surface area contributed by atoms with E-state index in [0.717, 1.165) is 0 Å². The summed E-state index contributed by atoms with van der Waals surface area (Å²) in [5.74, 6) is 0.529. The van der Waals surface area contributed by atoms with E-state index in [2.05, 4.69) is 15.3 Å². The summed E-state index contributed by atoms with van der Waals surface area (Å²) in [5.41, 5.74) is 5.44. The van der Waals surface area contributed by atoms with Crippen LogP contribution in [0.4, 0.5) is 11.8 Å².